The zero-order valence-corrected chi connectivity index (χ0v) is 22.0. The molecule has 0 bridgehead atoms. The first-order valence-electron chi connectivity index (χ1n) is 12.2. The SMILES string of the molecule is COc1c(OCC(=O)N2CCOCC2)ccc(/C=C/c2n[nH]c3ccccc23)c1NC(=O)c1sccc1C. The predicted octanol–water partition coefficient (Wildman–Crippen LogP) is 4.60. The second-order valence-corrected chi connectivity index (χ2v) is 9.63. The van der Waals surface area contributed by atoms with Crippen molar-refractivity contribution in [1.82, 2.24) is 15.1 Å². The summed E-state index contributed by atoms with van der Waals surface area (Å²) < 4.78 is 16.9. The molecule has 0 aliphatic carbocycles. The summed E-state index contributed by atoms with van der Waals surface area (Å²) in [6, 6.07) is 13.3. The Morgan fingerprint density at radius 2 is 1.97 bits per heavy atom. The maximum atomic E-state index is 13.2. The lowest BCUT2D eigenvalue weighted by Gasteiger charge is -2.27. The van der Waals surface area contributed by atoms with Crippen molar-refractivity contribution in [2.75, 3.05) is 45.3 Å². The first kappa shape index (κ1) is 25.5. The average molecular weight is 533 g/mol. The minimum absolute atomic E-state index is 0.135. The molecule has 3 heterocycles. The lowest BCUT2D eigenvalue weighted by molar-refractivity contribution is -0.137. The van der Waals surface area contributed by atoms with E-state index in [9.17, 15) is 9.59 Å². The highest BCUT2D eigenvalue weighted by molar-refractivity contribution is 7.12. The maximum Gasteiger partial charge on any atom is 0.266 e. The number of anilines is 1. The monoisotopic (exact) mass is 532 g/mol. The van der Waals surface area contributed by atoms with Crippen LogP contribution in [0.5, 0.6) is 11.5 Å². The predicted molar refractivity (Wildman–Crippen MR) is 148 cm³/mol. The molecule has 10 heteroatoms. The fourth-order valence-electron chi connectivity index (χ4n) is 4.26. The minimum atomic E-state index is -0.253. The normalized spacial score (nSPS) is 13.7. The number of rotatable bonds is 8. The summed E-state index contributed by atoms with van der Waals surface area (Å²) in [7, 11) is 1.51. The lowest BCUT2D eigenvalue weighted by Crippen LogP contribution is -2.43. The van der Waals surface area contributed by atoms with Gasteiger partial charge in [0.2, 0.25) is 0 Å². The minimum Gasteiger partial charge on any atom is -0.491 e. The van der Waals surface area contributed by atoms with Crippen molar-refractivity contribution in [3.8, 4) is 11.5 Å². The van der Waals surface area contributed by atoms with Crippen LogP contribution in [0.25, 0.3) is 23.1 Å². The zero-order chi connectivity index (χ0) is 26.5. The molecule has 5 rings (SSSR count). The maximum absolute atomic E-state index is 13.2. The number of aryl methyl sites for hydroxylation is 1. The number of carbonyl (C=O) groups is 2. The van der Waals surface area contributed by atoms with Gasteiger partial charge in [0.15, 0.2) is 18.1 Å². The standard InChI is InChI=1S/C28H28N4O5S/c1-18-11-16-38-27(18)28(34)29-25-19(7-9-22-20-5-3-4-6-21(20)30-31-22)8-10-23(26(25)35-2)37-17-24(33)32-12-14-36-15-13-32/h3-11,16H,12-15,17H2,1-2H3,(H,29,34)(H,30,31)/b9-7+. The van der Waals surface area contributed by atoms with Crippen LogP contribution in [0.3, 0.4) is 0 Å². The van der Waals surface area contributed by atoms with Crippen LogP contribution in [0.2, 0.25) is 0 Å². The first-order valence-corrected chi connectivity index (χ1v) is 13.1. The van der Waals surface area contributed by atoms with E-state index in [0.717, 1.165) is 22.2 Å². The van der Waals surface area contributed by atoms with Gasteiger partial charge in [-0.3, -0.25) is 14.7 Å². The Hall–Kier alpha value is -4.15. The summed E-state index contributed by atoms with van der Waals surface area (Å²) >= 11 is 1.37. The van der Waals surface area contributed by atoms with Crippen molar-refractivity contribution in [3.05, 3.63) is 69.5 Å². The number of morpholine rings is 1. The molecule has 1 aliphatic heterocycles. The Morgan fingerprint density at radius 1 is 1.16 bits per heavy atom. The highest BCUT2D eigenvalue weighted by Gasteiger charge is 2.22. The summed E-state index contributed by atoms with van der Waals surface area (Å²) in [5.74, 6) is 0.299. The number of nitrogens with zero attached hydrogens (tertiary/aromatic N) is 2. The molecule has 2 N–H and O–H groups in total. The highest BCUT2D eigenvalue weighted by Crippen LogP contribution is 2.40. The molecule has 0 unspecified atom stereocenters. The van der Waals surface area contributed by atoms with Gasteiger partial charge in [-0.25, -0.2) is 0 Å². The molecule has 1 aliphatic rings. The van der Waals surface area contributed by atoms with Gasteiger partial charge < -0.3 is 24.4 Å². The molecule has 2 aromatic carbocycles. The number of hydrogen-bond acceptors (Lipinski definition) is 7. The van der Waals surface area contributed by atoms with Gasteiger partial charge in [0, 0.05) is 24.0 Å². The first-order chi connectivity index (χ1) is 18.5. The zero-order valence-electron chi connectivity index (χ0n) is 21.2. The number of nitrogens with one attached hydrogen (secondary N) is 2. The lowest BCUT2D eigenvalue weighted by atomic mass is 10.1. The number of ether oxygens (including phenoxy) is 3. The van der Waals surface area contributed by atoms with E-state index in [0.29, 0.717) is 53.9 Å². The van der Waals surface area contributed by atoms with E-state index in [4.69, 9.17) is 14.2 Å². The number of thiophene rings is 1. The molecular weight excluding hydrogens is 504 g/mol. The van der Waals surface area contributed by atoms with E-state index < -0.39 is 0 Å². The second-order valence-electron chi connectivity index (χ2n) is 8.72. The van der Waals surface area contributed by atoms with Crippen LogP contribution in [-0.4, -0.2) is 66.9 Å². The van der Waals surface area contributed by atoms with Crippen LogP contribution in [0, 0.1) is 6.92 Å². The Balaban J connectivity index is 1.46. The highest BCUT2D eigenvalue weighted by atomic mass is 32.1. The van der Waals surface area contributed by atoms with Crippen LogP contribution in [-0.2, 0) is 9.53 Å². The summed E-state index contributed by atoms with van der Waals surface area (Å²) in [6.45, 7) is 3.84. The molecular formula is C28H28N4O5S. The van der Waals surface area contributed by atoms with Crippen LogP contribution in [0.1, 0.15) is 26.5 Å². The third-order valence-electron chi connectivity index (χ3n) is 6.30. The van der Waals surface area contributed by atoms with Gasteiger partial charge >= 0.3 is 0 Å². The Bertz CT molecular complexity index is 1490. The molecule has 1 saturated heterocycles. The van der Waals surface area contributed by atoms with Gasteiger partial charge in [-0.2, -0.15) is 5.10 Å². The molecule has 9 nitrogen and oxygen atoms in total. The van der Waals surface area contributed by atoms with Gasteiger partial charge in [-0.1, -0.05) is 24.3 Å². The van der Waals surface area contributed by atoms with Crippen molar-refractivity contribution in [3.63, 3.8) is 0 Å². The van der Waals surface area contributed by atoms with E-state index in [1.807, 2.05) is 60.9 Å². The Kier molecular flexibility index (Phi) is 7.71. The quantitative estimate of drug-likeness (QED) is 0.344. The number of benzene rings is 2. The van der Waals surface area contributed by atoms with Crippen LogP contribution in [0.15, 0.2) is 47.8 Å². The fourth-order valence-corrected chi connectivity index (χ4v) is 5.08. The molecule has 2 aromatic heterocycles. The molecule has 2 amide bonds. The number of hydrogen-bond donors (Lipinski definition) is 2. The van der Waals surface area contributed by atoms with Crippen molar-refractivity contribution in [2.45, 2.75) is 6.92 Å². The van der Waals surface area contributed by atoms with E-state index >= 15 is 0 Å². The summed E-state index contributed by atoms with van der Waals surface area (Å²) in [5, 5.41) is 13.3. The molecule has 0 saturated carbocycles. The van der Waals surface area contributed by atoms with Crippen molar-refractivity contribution < 1.29 is 23.8 Å². The summed E-state index contributed by atoms with van der Waals surface area (Å²) in [6.07, 6.45) is 3.74. The number of para-hydroxylation sites is 1. The van der Waals surface area contributed by atoms with Crippen LogP contribution < -0.4 is 14.8 Å². The number of amides is 2. The third kappa shape index (κ3) is 5.41. The van der Waals surface area contributed by atoms with Crippen LogP contribution in [0.4, 0.5) is 5.69 Å². The fraction of sp³-hybridized carbons (Fsp3) is 0.250. The third-order valence-corrected chi connectivity index (χ3v) is 7.32. The molecule has 1 fully saturated rings. The number of H-pyrrole nitrogens is 1. The number of aromatic nitrogens is 2. The number of carbonyl (C=O) groups excluding carboxylic acids is 2. The number of fused-ring (bicyclic) bond motifs is 1. The number of aromatic amines is 1. The van der Waals surface area contributed by atoms with Crippen LogP contribution >= 0.6 is 11.3 Å². The molecule has 4 aromatic rings. The van der Waals surface area contributed by atoms with Crippen molar-refractivity contribution in [1.29, 1.82) is 0 Å². The Morgan fingerprint density at radius 3 is 2.74 bits per heavy atom. The van der Waals surface area contributed by atoms with Gasteiger partial charge in [-0.15, -0.1) is 11.3 Å². The molecule has 38 heavy (non-hydrogen) atoms. The largest absolute Gasteiger partial charge is 0.491 e. The van der Waals surface area contributed by atoms with Crippen molar-refractivity contribution >= 4 is 51.9 Å². The smallest absolute Gasteiger partial charge is 0.266 e. The van der Waals surface area contributed by atoms with Gasteiger partial charge in [-0.05, 0) is 48.2 Å². The second kappa shape index (κ2) is 11.5. The molecule has 0 radical (unpaired) electrons. The van der Waals surface area contributed by atoms with Gasteiger partial charge in [0.1, 0.15) is 0 Å². The summed E-state index contributed by atoms with van der Waals surface area (Å²) in [5.41, 5.74) is 3.72. The van der Waals surface area contributed by atoms with Crippen molar-refractivity contribution in [2.24, 2.45) is 0 Å². The summed E-state index contributed by atoms with van der Waals surface area (Å²) in [4.78, 5) is 28.2. The molecule has 0 atom stereocenters. The van der Waals surface area contributed by atoms with E-state index in [1.54, 1.807) is 11.0 Å². The average Bonchev–Trinajstić information content (AvgIpc) is 3.57. The Labute approximate surface area is 224 Å². The topological polar surface area (TPSA) is 106 Å². The van der Waals surface area contributed by atoms with Gasteiger partial charge in [0.05, 0.1) is 42.1 Å². The van der Waals surface area contributed by atoms with E-state index in [1.165, 1.54) is 18.4 Å². The molecule has 0 spiro atoms. The number of methoxy groups -OCH3 is 1. The van der Waals surface area contributed by atoms with E-state index in [2.05, 4.69) is 15.5 Å². The van der Waals surface area contributed by atoms with Gasteiger partial charge in [0.25, 0.3) is 11.8 Å². The molecule has 196 valence electrons. The van der Waals surface area contributed by atoms with E-state index in [-0.39, 0.29) is 18.4 Å².